The summed E-state index contributed by atoms with van der Waals surface area (Å²) >= 11 is 5.91. The van der Waals surface area contributed by atoms with Crippen LogP contribution in [-0.2, 0) is 0 Å². The van der Waals surface area contributed by atoms with Gasteiger partial charge in [-0.3, -0.25) is 0 Å². The summed E-state index contributed by atoms with van der Waals surface area (Å²) < 4.78 is 0. The third-order valence-corrected chi connectivity index (χ3v) is 2.82. The van der Waals surface area contributed by atoms with Gasteiger partial charge in [-0.25, -0.2) is 4.98 Å². The van der Waals surface area contributed by atoms with Crippen molar-refractivity contribution in [1.29, 1.82) is 0 Å². The van der Waals surface area contributed by atoms with Gasteiger partial charge < -0.3 is 11.1 Å². The van der Waals surface area contributed by atoms with E-state index in [1.165, 1.54) is 25.5 Å². The van der Waals surface area contributed by atoms with Gasteiger partial charge in [0.1, 0.15) is 10.8 Å². The van der Waals surface area contributed by atoms with Gasteiger partial charge >= 0.3 is 0 Å². The van der Waals surface area contributed by atoms with Crippen LogP contribution in [0.25, 0.3) is 0 Å². The molecule has 0 aromatic carbocycles. The van der Waals surface area contributed by atoms with E-state index in [1.807, 2.05) is 0 Å². The molecule has 0 unspecified atom stereocenters. The van der Waals surface area contributed by atoms with E-state index in [-0.39, 0.29) is 5.95 Å². The van der Waals surface area contributed by atoms with Gasteiger partial charge in [-0.15, -0.1) is 0 Å². The summed E-state index contributed by atoms with van der Waals surface area (Å²) in [7, 11) is 0. The lowest BCUT2D eigenvalue weighted by Gasteiger charge is -2.06. The molecule has 0 bridgehead atoms. The standard InChI is InChI=1S/C10H15ClN4/c11-8-6-14-10(12)15-9(8)13-5-1-2-7-3-4-7/h6-7H,1-5H2,(H3,12,13,14,15). The highest BCUT2D eigenvalue weighted by molar-refractivity contribution is 6.32. The monoisotopic (exact) mass is 226 g/mol. The Morgan fingerprint density at radius 3 is 3.07 bits per heavy atom. The number of aromatic nitrogens is 2. The lowest BCUT2D eigenvalue weighted by molar-refractivity contribution is 0.686. The van der Waals surface area contributed by atoms with E-state index >= 15 is 0 Å². The molecule has 1 aliphatic carbocycles. The van der Waals surface area contributed by atoms with Gasteiger partial charge in [-0.05, 0) is 18.8 Å². The van der Waals surface area contributed by atoms with Crippen LogP contribution in [0.1, 0.15) is 25.7 Å². The molecule has 1 fully saturated rings. The number of hydrogen-bond acceptors (Lipinski definition) is 4. The van der Waals surface area contributed by atoms with E-state index in [2.05, 4.69) is 15.3 Å². The van der Waals surface area contributed by atoms with Gasteiger partial charge in [-0.1, -0.05) is 24.4 Å². The number of nitrogen functional groups attached to an aromatic ring is 1. The molecule has 0 radical (unpaired) electrons. The molecule has 1 aromatic heterocycles. The largest absolute Gasteiger partial charge is 0.369 e. The first-order valence-electron chi connectivity index (χ1n) is 5.27. The Balaban J connectivity index is 1.78. The normalized spacial score (nSPS) is 15.3. The number of nitrogens with zero attached hydrogens (tertiary/aromatic N) is 2. The molecule has 1 aliphatic rings. The second-order valence-corrected chi connectivity index (χ2v) is 4.34. The summed E-state index contributed by atoms with van der Waals surface area (Å²) in [5.41, 5.74) is 5.47. The molecule has 15 heavy (non-hydrogen) atoms. The number of rotatable bonds is 5. The molecule has 4 nitrogen and oxygen atoms in total. The summed E-state index contributed by atoms with van der Waals surface area (Å²) in [5, 5.41) is 3.70. The maximum absolute atomic E-state index is 5.91. The van der Waals surface area contributed by atoms with Crippen LogP contribution in [0.3, 0.4) is 0 Å². The molecule has 0 atom stereocenters. The van der Waals surface area contributed by atoms with Gasteiger partial charge in [0.2, 0.25) is 5.95 Å². The topological polar surface area (TPSA) is 63.8 Å². The second-order valence-electron chi connectivity index (χ2n) is 3.94. The zero-order valence-electron chi connectivity index (χ0n) is 8.54. The fourth-order valence-electron chi connectivity index (χ4n) is 1.51. The van der Waals surface area contributed by atoms with Crippen molar-refractivity contribution in [3.63, 3.8) is 0 Å². The number of hydrogen-bond donors (Lipinski definition) is 2. The van der Waals surface area contributed by atoms with E-state index in [9.17, 15) is 0 Å². The highest BCUT2D eigenvalue weighted by Gasteiger charge is 2.19. The van der Waals surface area contributed by atoms with Crippen LogP contribution in [0, 0.1) is 5.92 Å². The average Bonchev–Trinajstić information content (AvgIpc) is 3.01. The molecule has 1 saturated carbocycles. The van der Waals surface area contributed by atoms with E-state index < -0.39 is 0 Å². The van der Waals surface area contributed by atoms with Crippen LogP contribution in [0.2, 0.25) is 5.02 Å². The Morgan fingerprint density at radius 2 is 2.33 bits per heavy atom. The fourth-order valence-corrected chi connectivity index (χ4v) is 1.67. The van der Waals surface area contributed by atoms with Gasteiger partial charge in [0.25, 0.3) is 0 Å². The Labute approximate surface area is 94.2 Å². The van der Waals surface area contributed by atoms with E-state index in [0.29, 0.717) is 10.8 Å². The van der Waals surface area contributed by atoms with Crippen molar-refractivity contribution in [3.05, 3.63) is 11.2 Å². The molecule has 82 valence electrons. The molecule has 1 heterocycles. The van der Waals surface area contributed by atoms with Crippen molar-refractivity contribution in [2.45, 2.75) is 25.7 Å². The molecule has 3 N–H and O–H groups in total. The predicted octanol–water partition coefficient (Wildman–Crippen LogP) is 2.31. The summed E-state index contributed by atoms with van der Waals surface area (Å²) in [4.78, 5) is 7.83. The second kappa shape index (κ2) is 4.66. The van der Waals surface area contributed by atoms with Crippen LogP contribution in [0.5, 0.6) is 0 Å². The molecular formula is C10H15ClN4. The first-order chi connectivity index (χ1) is 7.25. The van der Waals surface area contributed by atoms with Gasteiger partial charge in [0, 0.05) is 6.54 Å². The van der Waals surface area contributed by atoms with Crippen molar-refractivity contribution in [1.82, 2.24) is 9.97 Å². The minimum Gasteiger partial charge on any atom is -0.369 e. The van der Waals surface area contributed by atoms with Gasteiger partial charge in [-0.2, -0.15) is 4.98 Å². The molecule has 1 aromatic rings. The molecule has 0 aliphatic heterocycles. The van der Waals surface area contributed by atoms with Gasteiger partial charge in [0.15, 0.2) is 0 Å². The molecule has 0 amide bonds. The zero-order chi connectivity index (χ0) is 10.7. The summed E-state index contributed by atoms with van der Waals surface area (Å²) in [6.45, 7) is 0.896. The van der Waals surface area contributed by atoms with Crippen LogP contribution < -0.4 is 11.1 Å². The van der Waals surface area contributed by atoms with Crippen LogP contribution in [0.15, 0.2) is 6.20 Å². The SMILES string of the molecule is Nc1ncc(Cl)c(NCCCC2CC2)n1. The highest BCUT2D eigenvalue weighted by atomic mass is 35.5. The van der Waals surface area contributed by atoms with Crippen LogP contribution in [-0.4, -0.2) is 16.5 Å². The molecular weight excluding hydrogens is 212 g/mol. The predicted molar refractivity (Wildman–Crippen MR) is 61.9 cm³/mol. The zero-order valence-corrected chi connectivity index (χ0v) is 9.30. The smallest absolute Gasteiger partial charge is 0.222 e. The lowest BCUT2D eigenvalue weighted by Crippen LogP contribution is -2.06. The average molecular weight is 227 g/mol. The number of nitrogens with two attached hydrogens (primary N) is 1. The molecule has 0 spiro atoms. The number of nitrogens with one attached hydrogen (secondary N) is 1. The third-order valence-electron chi connectivity index (χ3n) is 2.54. The lowest BCUT2D eigenvalue weighted by atomic mass is 10.2. The van der Waals surface area contributed by atoms with Crippen molar-refractivity contribution in [3.8, 4) is 0 Å². The molecule has 0 saturated heterocycles. The van der Waals surface area contributed by atoms with E-state index in [0.717, 1.165) is 18.9 Å². The molecule has 5 heteroatoms. The Hall–Kier alpha value is -1.03. The van der Waals surface area contributed by atoms with Crippen LogP contribution in [0.4, 0.5) is 11.8 Å². The quantitative estimate of drug-likeness (QED) is 0.757. The summed E-state index contributed by atoms with van der Waals surface area (Å²) in [6, 6.07) is 0. The van der Waals surface area contributed by atoms with Gasteiger partial charge in [0.05, 0.1) is 6.20 Å². The van der Waals surface area contributed by atoms with Crippen molar-refractivity contribution >= 4 is 23.4 Å². The summed E-state index contributed by atoms with van der Waals surface area (Å²) in [5.74, 6) is 1.86. The van der Waals surface area contributed by atoms with E-state index in [1.54, 1.807) is 0 Å². The Bertz CT molecular complexity index is 338. The van der Waals surface area contributed by atoms with E-state index in [4.69, 9.17) is 17.3 Å². The van der Waals surface area contributed by atoms with Crippen molar-refractivity contribution in [2.24, 2.45) is 5.92 Å². The maximum Gasteiger partial charge on any atom is 0.222 e. The maximum atomic E-state index is 5.91. The fraction of sp³-hybridized carbons (Fsp3) is 0.600. The highest BCUT2D eigenvalue weighted by Crippen LogP contribution is 2.33. The van der Waals surface area contributed by atoms with Crippen molar-refractivity contribution in [2.75, 3.05) is 17.6 Å². The minimum atomic E-state index is 0.254. The number of anilines is 2. The third kappa shape index (κ3) is 3.23. The Kier molecular flexibility index (Phi) is 3.26. The number of halogens is 1. The van der Waals surface area contributed by atoms with Crippen molar-refractivity contribution < 1.29 is 0 Å². The Morgan fingerprint density at radius 1 is 1.53 bits per heavy atom. The first kappa shape index (κ1) is 10.5. The molecule has 2 rings (SSSR count). The summed E-state index contributed by atoms with van der Waals surface area (Å²) in [6.07, 6.45) is 6.78. The first-order valence-corrected chi connectivity index (χ1v) is 5.65. The minimum absolute atomic E-state index is 0.254. The van der Waals surface area contributed by atoms with Crippen LogP contribution >= 0.6 is 11.6 Å².